The number of benzene rings is 1. The van der Waals surface area contributed by atoms with Gasteiger partial charge < -0.3 is 5.32 Å². The first-order chi connectivity index (χ1) is 8.31. The van der Waals surface area contributed by atoms with E-state index in [1.165, 1.54) is 5.01 Å². The van der Waals surface area contributed by atoms with Crippen molar-refractivity contribution in [1.29, 1.82) is 5.26 Å². The molecule has 1 aromatic carbocycles. The van der Waals surface area contributed by atoms with Crippen LogP contribution in [-0.4, -0.2) is 4.98 Å². The summed E-state index contributed by atoms with van der Waals surface area (Å²) < 4.78 is 0. The molecule has 0 radical (unpaired) electrons. The number of aryl methyl sites for hydroxylation is 1. The first-order valence-electron chi connectivity index (χ1n) is 5.49. The van der Waals surface area contributed by atoms with Gasteiger partial charge in [-0.3, -0.25) is 0 Å². The average Bonchev–Trinajstić information content (AvgIpc) is 2.85. The van der Waals surface area contributed by atoms with Crippen molar-refractivity contribution in [3.63, 3.8) is 0 Å². The summed E-state index contributed by atoms with van der Waals surface area (Å²) in [5, 5.41) is 15.2. The molecule has 1 heterocycles. The van der Waals surface area contributed by atoms with Crippen LogP contribution in [0.15, 0.2) is 29.6 Å². The van der Waals surface area contributed by atoms with Gasteiger partial charge >= 0.3 is 0 Å². The maximum absolute atomic E-state index is 8.69. The Hall–Kier alpha value is -1.86. The lowest BCUT2D eigenvalue weighted by Gasteiger charge is -2.03. The standard InChI is InChI=1S/C13H13N3S/c1-2-13-16-12(9-17-13)8-15-11-5-3-10(7-14)4-6-11/h3-6,9,15H,2,8H2,1H3. The molecule has 3 nitrogen and oxygen atoms in total. The third-order valence-electron chi connectivity index (χ3n) is 2.39. The van der Waals surface area contributed by atoms with Crippen LogP contribution >= 0.6 is 11.3 Å². The van der Waals surface area contributed by atoms with E-state index >= 15 is 0 Å². The van der Waals surface area contributed by atoms with Crippen LogP contribution in [0.3, 0.4) is 0 Å². The zero-order chi connectivity index (χ0) is 12.1. The fourth-order valence-electron chi connectivity index (χ4n) is 1.45. The Labute approximate surface area is 105 Å². The van der Waals surface area contributed by atoms with Gasteiger partial charge in [-0.25, -0.2) is 4.98 Å². The van der Waals surface area contributed by atoms with E-state index in [1.807, 2.05) is 12.1 Å². The molecule has 0 aliphatic carbocycles. The number of rotatable bonds is 4. The van der Waals surface area contributed by atoms with Crippen molar-refractivity contribution in [2.75, 3.05) is 5.32 Å². The van der Waals surface area contributed by atoms with Gasteiger partial charge in [0.25, 0.3) is 0 Å². The second kappa shape index (κ2) is 5.46. The molecule has 0 atom stereocenters. The molecule has 0 saturated carbocycles. The van der Waals surface area contributed by atoms with Gasteiger partial charge in [0.05, 0.1) is 28.9 Å². The van der Waals surface area contributed by atoms with Gasteiger partial charge in [-0.2, -0.15) is 5.26 Å². The van der Waals surface area contributed by atoms with Crippen molar-refractivity contribution in [2.24, 2.45) is 0 Å². The van der Waals surface area contributed by atoms with E-state index in [0.29, 0.717) is 5.56 Å². The lowest BCUT2D eigenvalue weighted by molar-refractivity contribution is 1.01. The predicted octanol–water partition coefficient (Wildman–Crippen LogP) is 3.19. The van der Waals surface area contributed by atoms with Crippen LogP contribution in [0.25, 0.3) is 0 Å². The Balaban J connectivity index is 1.95. The molecule has 0 saturated heterocycles. The molecule has 0 bridgehead atoms. The normalized spacial score (nSPS) is 9.88. The van der Waals surface area contributed by atoms with Gasteiger partial charge in [-0.15, -0.1) is 11.3 Å². The summed E-state index contributed by atoms with van der Waals surface area (Å²) >= 11 is 1.70. The van der Waals surface area contributed by atoms with Crippen LogP contribution in [0.5, 0.6) is 0 Å². The Morgan fingerprint density at radius 3 is 2.71 bits per heavy atom. The Morgan fingerprint density at radius 1 is 1.35 bits per heavy atom. The lowest BCUT2D eigenvalue weighted by Crippen LogP contribution is -1.99. The molecule has 0 amide bonds. The molecule has 17 heavy (non-hydrogen) atoms. The van der Waals surface area contributed by atoms with E-state index in [9.17, 15) is 0 Å². The third-order valence-corrected chi connectivity index (χ3v) is 3.43. The summed E-state index contributed by atoms with van der Waals surface area (Å²) in [7, 11) is 0. The van der Waals surface area contributed by atoms with Gasteiger partial charge in [-0.1, -0.05) is 6.92 Å². The minimum atomic E-state index is 0.678. The van der Waals surface area contributed by atoms with Crippen molar-refractivity contribution in [2.45, 2.75) is 19.9 Å². The molecule has 1 N–H and O–H groups in total. The number of nitriles is 1. The van der Waals surface area contributed by atoms with Gasteiger partial charge in [-0.05, 0) is 30.7 Å². The predicted molar refractivity (Wildman–Crippen MR) is 70.0 cm³/mol. The summed E-state index contributed by atoms with van der Waals surface area (Å²) in [4.78, 5) is 4.48. The number of thiazole rings is 1. The molecule has 0 aliphatic heterocycles. The highest BCUT2D eigenvalue weighted by Crippen LogP contribution is 2.13. The molecule has 0 fully saturated rings. The molecule has 1 aromatic heterocycles. The fraction of sp³-hybridized carbons (Fsp3) is 0.231. The van der Waals surface area contributed by atoms with Crippen molar-refractivity contribution in [3.05, 3.63) is 45.9 Å². The summed E-state index contributed by atoms with van der Waals surface area (Å²) in [6.45, 7) is 2.83. The molecule has 2 aromatic rings. The third kappa shape index (κ3) is 3.05. The number of aromatic nitrogens is 1. The number of anilines is 1. The van der Waals surface area contributed by atoms with Crippen LogP contribution in [0.2, 0.25) is 0 Å². The molecule has 2 rings (SSSR count). The summed E-state index contributed by atoms with van der Waals surface area (Å²) in [6.07, 6.45) is 0.988. The number of hydrogen-bond acceptors (Lipinski definition) is 4. The van der Waals surface area contributed by atoms with Crippen molar-refractivity contribution >= 4 is 17.0 Å². The second-order valence-electron chi connectivity index (χ2n) is 3.63. The average molecular weight is 243 g/mol. The van der Waals surface area contributed by atoms with Crippen molar-refractivity contribution in [3.8, 4) is 6.07 Å². The van der Waals surface area contributed by atoms with E-state index in [0.717, 1.165) is 24.3 Å². The van der Waals surface area contributed by atoms with E-state index < -0.39 is 0 Å². The SMILES string of the molecule is CCc1nc(CNc2ccc(C#N)cc2)cs1. The zero-order valence-electron chi connectivity index (χ0n) is 9.60. The van der Waals surface area contributed by atoms with E-state index in [1.54, 1.807) is 23.5 Å². The molecule has 0 aliphatic rings. The summed E-state index contributed by atoms with van der Waals surface area (Å²) in [5.74, 6) is 0. The van der Waals surface area contributed by atoms with Crippen molar-refractivity contribution in [1.82, 2.24) is 4.98 Å². The minimum Gasteiger partial charge on any atom is -0.379 e. The molecular weight excluding hydrogens is 230 g/mol. The van der Waals surface area contributed by atoms with E-state index in [2.05, 4.69) is 28.7 Å². The fourth-order valence-corrected chi connectivity index (χ4v) is 2.19. The monoisotopic (exact) mass is 243 g/mol. The molecular formula is C13H13N3S. The van der Waals surface area contributed by atoms with Gasteiger partial charge in [0.15, 0.2) is 0 Å². The minimum absolute atomic E-state index is 0.678. The van der Waals surface area contributed by atoms with Gasteiger partial charge in [0.1, 0.15) is 0 Å². The summed E-state index contributed by atoms with van der Waals surface area (Å²) in [5.41, 5.74) is 2.75. The molecule has 0 spiro atoms. The number of nitrogens with one attached hydrogen (secondary N) is 1. The number of nitrogens with zero attached hydrogens (tertiary/aromatic N) is 2. The topological polar surface area (TPSA) is 48.7 Å². The maximum Gasteiger partial charge on any atom is 0.0991 e. The van der Waals surface area contributed by atoms with Crippen molar-refractivity contribution < 1.29 is 0 Å². The first kappa shape index (κ1) is 11.6. The Kier molecular flexibility index (Phi) is 3.73. The quantitative estimate of drug-likeness (QED) is 0.897. The first-order valence-corrected chi connectivity index (χ1v) is 6.37. The zero-order valence-corrected chi connectivity index (χ0v) is 10.4. The van der Waals surface area contributed by atoms with Crippen LogP contribution < -0.4 is 5.32 Å². The number of hydrogen-bond donors (Lipinski definition) is 1. The smallest absolute Gasteiger partial charge is 0.0991 e. The second-order valence-corrected chi connectivity index (χ2v) is 4.57. The highest BCUT2D eigenvalue weighted by atomic mass is 32.1. The largest absolute Gasteiger partial charge is 0.379 e. The van der Waals surface area contributed by atoms with Crippen LogP contribution in [0.1, 0.15) is 23.2 Å². The maximum atomic E-state index is 8.69. The summed E-state index contributed by atoms with van der Waals surface area (Å²) in [6, 6.07) is 9.53. The highest BCUT2D eigenvalue weighted by molar-refractivity contribution is 7.09. The van der Waals surface area contributed by atoms with E-state index in [4.69, 9.17) is 5.26 Å². The van der Waals surface area contributed by atoms with Crippen LogP contribution in [-0.2, 0) is 13.0 Å². The van der Waals surface area contributed by atoms with Gasteiger partial charge in [0, 0.05) is 11.1 Å². The molecule has 0 unspecified atom stereocenters. The van der Waals surface area contributed by atoms with Gasteiger partial charge in [0.2, 0.25) is 0 Å². The Morgan fingerprint density at radius 2 is 2.12 bits per heavy atom. The lowest BCUT2D eigenvalue weighted by atomic mass is 10.2. The van der Waals surface area contributed by atoms with Crippen LogP contribution in [0, 0.1) is 11.3 Å². The molecule has 86 valence electrons. The highest BCUT2D eigenvalue weighted by Gasteiger charge is 2.00. The Bertz CT molecular complexity index is 522. The van der Waals surface area contributed by atoms with E-state index in [-0.39, 0.29) is 0 Å². The van der Waals surface area contributed by atoms with Crippen LogP contribution in [0.4, 0.5) is 5.69 Å². The molecule has 4 heteroatoms.